The van der Waals surface area contributed by atoms with Gasteiger partial charge in [0.25, 0.3) is 0 Å². The summed E-state index contributed by atoms with van der Waals surface area (Å²) in [5, 5.41) is 0. The van der Waals surface area contributed by atoms with E-state index in [0.717, 1.165) is 45.0 Å². The maximum Gasteiger partial charge on any atom is 0.103 e. The first kappa shape index (κ1) is 9.74. The lowest BCUT2D eigenvalue weighted by molar-refractivity contribution is 0.0373. The van der Waals surface area contributed by atoms with Gasteiger partial charge in [0.15, 0.2) is 0 Å². The molecule has 0 aliphatic carbocycles. The van der Waals surface area contributed by atoms with Crippen molar-refractivity contribution in [2.24, 2.45) is 0 Å². The molecule has 1 saturated heterocycles. The summed E-state index contributed by atoms with van der Waals surface area (Å²) in [6.45, 7) is 5.10. The Morgan fingerprint density at radius 3 is 2.86 bits per heavy atom. The van der Waals surface area contributed by atoms with Crippen molar-refractivity contribution in [3.05, 3.63) is 24.2 Å². The predicted octanol–water partition coefficient (Wildman–Crippen LogP) is 1.54. The third kappa shape index (κ3) is 2.86. The second-order valence-electron chi connectivity index (χ2n) is 3.64. The van der Waals surface area contributed by atoms with Gasteiger partial charge in [-0.1, -0.05) is 0 Å². The molecule has 1 fully saturated rings. The molecular weight excluding hydrogens is 178 g/mol. The first-order valence-electron chi connectivity index (χ1n) is 5.27. The van der Waals surface area contributed by atoms with Crippen molar-refractivity contribution < 1.29 is 9.15 Å². The van der Waals surface area contributed by atoms with Crippen molar-refractivity contribution in [3.63, 3.8) is 0 Å². The van der Waals surface area contributed by atoms with Crippen LogP contribution in [-0.4, -0.2) is 37.7 Å². The van der Waals surface area contributed by atoms with Crippen LogP contribution in [0.15, 0.2) is 22.8 Å². The van der Waals surface area contributed by atoms with Crippen LogP contribution in [0.25, 0.3) is 0 Å². The Bertz CT molecular complexity index is 240. The highest BCUT2D eigenvalue weighted by Crippen LogP contribution is 2.05. The smallest absolute Gasteiger partial charge is 0.103 e. The lowest BCUT2D eigenvalue weighted by Crippen LogP contribution is -2.36. The summed E-state index contributed by atoms with van der Waals surface area (Å²) in [5.41, 5.74) is 0. The Morgan fingerprint density at radius 2 is 2.14 bits per heavy atom. The molecule has 0 atom stereocenters. The summed E-state index contributed by atoms with van der Waals surface area (Å²) >= 11 is 0. The molecule has 0 N–H and O–H groups in total. The van der Waals surface area contributed by atoms with E-state index >= 15 is 0 Å². The number of aryl methyl sites for hydroxylation is 1. The Labute approximate surface area is 84.6 Å². The van der Waals surface area contributed by atoms with Crippen LogP contribution in [0.1, 0.15) is 12.2 Å². The Kier molecular flexibility index (Phi) is 3.60. The van der Waals surface area contributed by atoms with E-state index in [4.69, 9.17) is 9.15 Å². The third-order valence-corrected chi connectivity index (χ3v) is 2.58. The zero-order valence-electron chi connectivity index (χ0n) is 8.45. The van der Waals surface area contributed by atoms with Gasteiger partial charge in [-0.2, -0.15) is 0 Å². The van der Waals surface area contributed by atoms with Gasteiger partial charge in [0.2, 0.25) is 0 Å². The van der Waals surface area contributed by atoms with Crippen LogP contribution in [0, 0.1) is 0 Å². The van der Waals surface area contributed by atoms with E-state index in [9.17, 15) is 0 Å². The van der Waals surface area contributed by atoms with Gasteiger partial charge in [0.05, 0.1) is 19.5 Å². The highest BCUT2D eigenvalue weighted by atomic mass is 16.5. The SMILES string of the molecule is c1coc(CCCN2CCOCC2)c1. The fraction of sp³-hybridized carbons (Fsp3) is 0.636. The molecule has 2 heterocycles. The standard InChI is InChI=1S/C11H17NO2/c1(3-11-4-2-8-14-11)5-12-6-9-13-10-7-12/h2,4,8H,1,3,5-7,9-10H2. The molecule has 0 radical (unpaired) electrons. The van der Waals surface area contributed by atoms with Gasteiger partial charge >= 0.3 is 0 Å². The summed E-state index contributed by atoms with van der Waals surface area (Å²) < 4.78 is 10.6. The molecule has 0 bridgehead atoms. The number of furan rings is 1. The maximum atomic E-state index is 5.29. The topological polar surface area (TPSA) is 25.6 Å². The zero-order valence-corrected chi connectivity index (χ0v) is 8.45. The van der Waals surface area contributed by atoms with Gasteiger partial charge in [-0.25, -0.2) is 0 Å². The Balaban J connectivity index is 1.62. The normalized spacial score (nSPS) is 18.6. The van der Waals surface area contributed by atoms with Crippen LogP contribution >= 0.6 is 0 Å². The monoisotopic (exact) mass is 195 g/mol. The van der Waals surface area contributed by atoms with Crippen LogP contribution in [0.4, 0.5) is 0 Å². The fourth-order valence-corrected chi connectivity index (χ4v) is 1.76. The van der Waals surface area contributed by atoms with Crippen molar-refractivity contribution >= 4 is 0 Å². The lowest BCUT2D eigenvalue weighted by atomic mass is 10.2. The fourth-order valence-electron chi connectivity index (χ4n) is 1.76. The number of nitrogens with zero attached hydrogens (tertiary/aromatic N) is 1. The Hall–Kier alpha value is -0.800. The summed E-state index contributed by atoms with van der Waals surface area (Å²) in [4.78, 5) is 2.45. The molecular formula is C11H17NO2. The van der Waals surface area contributed by atoms with E-state index in [-0.39, 0.29) is 0 Å². The molecule has 0 aromatic carbocycles. The largest absolute Gasteiger partial charge is 0.469 e. The van der Waals surface area contributed by atoms with Crippen molar-refractivity contribution in [2.75, 3.05) is 32.8 Å². The number of hydrogen-bond acceptors (Lipinski definition) is 3. The van der Waals surface area contributed by atoms with Gasteiger partial charge in [-0.15, -0.1) is 0 Å². The van der Waals surface area contributed by atoms with Crippen LogP contribution in [0.2, 0.25) is 0 Å². The molecule has 0 spiro atoms. The average molecular weight is 195 g/mol. The van der Waals surface area contributed by atoms with Gasteiger partial charge in [0, 0.05) is 19.5 Å². The predicted molar refractivity (Wildman–Crippen MR) is 54.3 cm³/mol. The summed E-state index contributed by atoms with van der Waals surface area (Å²) in [7, 11) is 0. The molecule has 0 unspecified atom stereocenters. The number of morpholine rings is 1. The minimum atomic E-state index is 0.890. The van der Waals surface area contributed by atoms with E-state index in [2.05, 4.69) is 4.90 Å². The minimum Gasteiger partial charge on any atom is -0.469 e. The number of ether oxygens (including phenoxy) is 1. The van der Waals surface area contributed by atoms with Gasteiger partial charge in [-0.3, -0.25) is 4.90 Å². The van der Waals surface area contributed by atoms with Gasteiger partial charge in [-0.05, 0) is 25.1 Å². The summed E-state index contributed by atoms with van der Waals surface area (Å²) in [5.74, 6) is 1.10. The Morgan fingerprint density at radius 1 is 1.29 bits per heavy atom. The molecule has 3 heteroatoms. The highest BCUT2D eigenvalue weighted by molar-refractivity contribution is 4.97. The first-order valence-corrected chi connectivity index (χ1v) is 5.27. The molecule has 78 valence electrons. The molecule has 3 nitrogen and oxygen atoms in total. The average Bonchev–Trinajstić information content (AvgIpc) is 2.72. The van der Waals surface area contributed by atoms with Gasteiger partial charge in [0.1, 0.15) is 5.76 Å². The van der Waals surface area contributed by atoms with E-state index in [1.807, 2.05) is 12.1 Å². The lowest BCUT2D eigenvalue weighted by Gasteiger charge is -2.26. The number of rotatable bonds is 4. The van der Waals surface area contributed by atoms with Crippen molar-refractivity contribution in [3.8, 4) is 0 Å². The second kappa shape index (κ2) is 5.17. The van der Waals surface area contributed by atoms with Crippen molar-refractivity contribution in [2.45, 2.75) is 12.8 Å². The van der Waals surface area contributed by atoms with Crippen LogP contribution in [0.3, 0.4) is 0 Å². The minimum absolute atomic E-state index is 0.890. The van der Waals surface area contributed by atoms with Crippen molar-refractivity contribution in [1.82, 2.24) is 4.90 Å². The van der Waals surface area contributed by atoms with Crippen LogP contribution in [-0.2, 0) is 11.2 Å². The molecule has 0 amide bonds. The summed E-state index contributed by atoms with van der Waals surface area (Å²) in [6.07, 6.45) is 3.96. The molecule has 2 rings (SSSR count). The van der Waals surface area contributed by atoms with Gasteiger partial charge < -0.3 is 9.15 Å². The van der Waals surface area contributed by atoms with Crippen LogP contribution in [0.5, 0.6) is 0 Å². The number of hydrogen-bond donors (Lipinski definition) is 0. The molecule has 1 aromatic heterocycles. The van der Waals surface area contributed by atoms with E-state index in [0.29, 0.717) is 0 Å². The molecule has 1 aliphatic heterocycles. The summed E-state index contributed by atoms with van der Waals surface area (Å²) in [6, 6.07) is 3.99. The molecule has 1 aromatic rings. The third-order valence-electron chi connectivity index (χ3n) is 2.58. The second-order valence-corrected chi connectivity index (χ2v) is 3.64. The van der Waals surface area contributed by atoms with E-state index in [1.54, 1.807) is 6.26 Å². The highest BCUT2D eigenvalue weighted by Gasteiger charge is 2.09. The molecule has 0 saturated carbocycles. The first-order chi connectivity index (χ1) is 6.95. The zero-order chi connectivity index (χ0) is 9.64. The molecule has 14 heavy (non-hydrogen) atoms. The molecule has 1 aliphatic rings. The van der Waals surface area contributed by atoms with E-state index in [1.165, 1.54) is 6.42 Å². The van der Waals surface area contributed by atoms with E-state index < -0.39 is 0 Å². The maximum absolute atomic E-state index is 5.29. The quantitative estimate of drug-likeness (QED) is 0.729. The van der Waals surface area contributed by atoms with Crippen LogP contribution < -0.4 is 0 Å². The van der Waals surface area contributed by atoms with Crippen molar-refractivity contribution in [1.29, 1.82) is 0 Å².